The van der Waals surface area contributed by atoms with E-state index in [0.717, 1.165) is 22.7 Å². The molecule has 0 amide bonds. The maximum absolute atomic E-state index is 10.0. The normalized spacial score (nSPS) is 12.9. The minimum absolute atomic E-state index is 0.141. The number of rotatable bonds is 1. The Bertz CT molecular complexity index is 1380. The smallest absolute Gasteiger partial charge is 0.329 e. The molecule has 2 aliphatic rings. The molecule has 2 aliphatic heterocycles. The van der Waals surface area contributed by atoms with Crippen LogP contribution in [0.5, 0.6) is 0 Å². The van der Waals surface area contributed by atoms with Crippen LogP contribution in [0, 0.1) is 22.7 Å². The molecule has 6 rings (SSSR count). The van der Waals surface area contributed by atoms with Crippen LogP contribution in [-0.2, 0) is 0 Å². The van der Waals surface area contributed by atoms with Crippen molar-refractivity contribution in [1.29, 1.82) is 10.5 Å². The van der Waals surface area contributed by atoms with Gasteiger partial charge in [0.25, 0.3) is 0 Å². The van der Waals surface area contributed by atoms with E-state index in [9.17, 15) is 10.5 Å². The van der Waals surface area contributed by atoms with Crippen molar-refractivity contribution < 1.29 is 0 Å². The monoisotopic (exact) mass is 408 g/mol. The van der Waals surface area contributed by atoms with E-state index < -0.39 is 0 Å². The standard InChI is InChI=1S/C27H17BN4/c1-31-24-14-6-8-18(16-29)26(24)32(27-19(17-30)9-7-15-25(27)31)28-22-12-4-2-10-20(22)21-11-3-5-13-23(21)28/h2-15H,1H3. The van der Waals surface area contributed by atoms with Crippen LogP contribution in [0.2, 0.25) is 0 Å². The van der Waals surface area contributed by atoms with E-state index >= 15 is 0 Å². The highest BCUT2D eigenvalue weighted by Gasteiger charge is 2.43. The fourth-order valence-electron chi connectivity index (χ4n) is 5.20. The molecule has 4 nitrogen and oxygen atoms in total. The van der Waals surface area contributed by atoms with Crippen molar-refractivity contribution in [3.8, 4) is 23.3 Å². The number of nitriles is 2. The molecule has 0 fully saturated rings. The summed E-state index contributed by atoms with van der Waals surface area (Å²) in [5.74, 6) is 0. The van der Waals surface area contributed by atoms with Crippen molar-refractivity contribution in [3.63, 3.8) is 0 Å². The van der Waals surface area contributed by atoms with E-state index in [4.69, 9.17) is 0 Å². The third-order valence-corrected chi connectivity index (χ3v) is 6.53. The Labute approximate surface area is 187 Å². The molecule has 0 saturated heterocycles. The average Bonchev–Trinajstić information content (AvgIpc) is 3.18. The first-order valence-corrected chi connectivity index (χ1v) is 10.5. The van der Waals surface area contributed by atoms with Gasteiger partial charge in [0.2, 0.25) is 0 Å². The molecule has 4 aromatic rings. The van der Waals surface area contributed by atoms with Gasteiger partial charge in [0.15, 0.2) is 0 Å². The molecule has 2 heterocycles. The molecule has 0 atom stereocenters. The molecule has 4 aromatic carbocycles. The third-order valence-electron chi connectivity index (χ3n) is 6.53. The van der Waals surface area contributed by atoms with E-state index in [1.54, 1.807) is 0 Å². The molecule has 32 heavy (non-hydrogen) atoms. The van der Waals surface area contributed by atoms with Gasteiger partial charge in [-0.3, -0.25) is 0 Å². The Morgan fingerprint density at radius 2 is 1.09 bits per heavy atom. The number of anilines is 4. The summed E-state index contributed by atoms with van der Waals surface area (Å²) in [5.41, 5.74) is 9.50. The van der Waals surface area contributed by atoms with Crippen LogP contribution >= 0.6 is 0 Å². The van der Waals surface area contributed by atoms with E-state index in [-0.39, 0.29) is 6.85 Å². The number of nitrogens with zero attached hydrogens (tertiary/aromatic N) is 4. The minimum atomic E-state index is -0.141. The van der Waals surface area contributed by atoms with Gasteiger partial charge in [0.05, 0.1) is 33.9 Å². The van der Waals surface area contributed by atoms with E-state index in [2.05, 4.69) is 70.4 Å². The van der Waals surface area contributed by atoms with E-state index in [0.29, 0.717) is 11.1 Å². The molecule has 0 aromatic heterocycles. The predicted molar refractivity (Wildman–Crippen MR) is 129 cm³/mol. The molecule has 5 heteroatoms. The largest absolute Gasteiger partial charge is 0.371 e. The highest BCUT2D eigenvalue weighted by Crippen LogP contribution is 2.50. The zero-order valence-corrected chi connectivity index (χ0v) is 17.4. The van der Waals surface area contributed by atoms with Gasteiger partial charge in [0, 0.05) is 7.05 Å². The lowest BCUT2D eigenvalue weighted by atomic mass is 9.51. The molecule has 148 valence electrons. The maximum atomic E-state index is 10.0. The van der Waals surface area contributed by atoms with Crippen LogP contribution in [0.3, 0.4) is 0 Å². The van der Waals surface area contributed by atoms with Crippen LogP contribution in [0.25, 0.3) is 11.1 Å². The van der Waals surface area contributed by atoms with Crippen molar-refractivity contribution in [3.05, 3.63) is 96.1 Å². The molecule has 0 aliphatic carbocycles. The Kier molecular flexibility index (Phi) is 3.87. The summed E-state index contributed by atoms with van der Waals surface area (Å²) in [6.45, 7) is -0.141. The van der Waals surface area contributed by atoms with Crippen LogP contribution in [0.1, 0.15) is 11.1 Å². The van der Waals surface area contributed by atoms with Gasteiger partial charge in [-0.2, -0.15) is 10.5 Å². The Morgan fingerprint density at radius 1 is 0.625 bits per heavy atom. The average molecular weight is 408 g/mol. The lowest BCUT2D eigenvalue weighted by molar-refractivity contribution is 1.14. The van der Waals surface area contributed by atoms with Gasteiger partial charge in [0.1, 0.15) is 12.1 Å². The fraction of sp³-hybridized carbons (Fsp3) is 0.0370. The molecular weight excluding hydrogens is 391 g/mol. The Balaban J connectivity index is 1.75. The van der Waals surface area contributed by atoms with Gasteiger partial charge in [-0.25, -0.2) is 0 Å². The fourth-order valence-corrected chi connectivity index (χ4v) is 5.20. The molecular formula is C27H17BN4. The molecule has 0 unspecified atom stereocenters. The van der Waals surface area contributed by atoms with E-state index in [1.165, 1.54) is 22.1 Å². The van der Waals surface area contributed by atoms with E-state index in [1.807, 2.05) is 43.4 Å². The Hall–Kier alpha value is -4.48. The van der Waals surface area contributed by atoms with Gasteiger partial charge < -0.3 is 9.71 Å². The lowest BCUT2D eigenvalue weighted by Crippen LogP contribution is -2.54. The maximum Gasteiger partial charge on any atom is 0.329 e. The van der Waals surface area contributed by atoms with Crippen LogP contribution in [-0.4, -0.2) is 13.9 Å². The first-order valence-electron chi connectivity index (χ1n) is 10.5. The van der Waals surface area contributed by atoms with Crippen molar-refractivity contribution in [1.82, 2.24) is 0 Å². The van der Waals surface area contributed by atoms with Crippen LogP contribution in [0.15, 0.2) is 84.9 Å². The summed E-state index contributed by atoms with van der Waals surface area (Å²) in [6, 6.07) is 33.3. The number of benzene rings is 4. The number of fused-ring (bicyclic) bond motifs is 5. The van der Waals surface area contributed by atoms with Crippen molar-refractivity contribution >= 4 is 40.5 Å². The predicted octanol–water partition coefficient (Wildman–Crippen LogP) is 4.44. The SMILES string of the molecule is CN1c2cccc(C#N)c2N(B2c3ccccc3-c3ccccc32)c2c(C#N)cccc21. The zero-order chi connectivity index (χ0) is 21.8. The van der Waals surface area contributed by atoms with Gasteiger partial charge in [-0.1, -0.05) is 60.7 Å². The zero-order valence-electron chi connectivity index (χ0n) is 17.4. The Morgan fingerprint density at radius 3 is 1.56 bits per heavy atom. The summed E-state index contributed by atoms with van der Waals surface area (Å²) in [4.78, 5) is 4.29. The number of para-hydroxylation sites is 2. The summed E-state index contributed by atoms with van der Waals surface area (Å²) in [6.07, 6.45) is 0. The highest BCUT2D eigenvalue weighted by molar-refractivity contribution is 6.93. The van der Waals surface area contributed by atoms with Gasteiger partial charge >= 0.3 is 6.85 Å². The summed E-state index contributed by atoms with van der Waals surface area (Å²) >= 11 is 0. The van der Waals surface area contributed by atoms with Crippen LogP contribution in [0.4, 0.5) is 22.7 Å². The van der Waals surface area contributed by atoms with Crippen LogP contribution < -0.4 is 20.6 Å². The molecule has 0 bridgehead atoms. The van der Waals surface area contributed by atoms with Gasteiger partial charge in [-0.05, 0) is 46.3 Å². The quantitative estimate of drug-likeness (QED) is 0.437. The number of hydrogen-bond acceptors (Lipinski definition) is 4. The summed E-state index contributed by atoms with van der Waals surface area (Å²) < 4.78 is 0. The second kappa shape index (κ2) is 6.77. The van der Waals surface area contributed by atoms with Crippen molar-refractivity contribution in [2.75, 3.05) is 16.8 Å². The second-order valence-corrected chi connectivity index (χ2v) is 8.08. The molecule has 0 radical (unpaired) electrons. The minimum Gasteiger partial charge on any atom is -0.371 e. The van der Waals surface area contributed by atoms with Crippen molar-refractivity contribution in [2.45, 2.75) is 0 Å². The molecule has 0 spiro atoms. The molecule has 0 N–H and O–H groups in total. The topological polar surface area (TPSA) is 54.1 Å². The summed E-state index contributed by atoms with van der Waals surface area (Å²) in [5, 5.41) is 20.1. The van der Waals surface area contributed by atoms with Gasteiger partial charge in [-0.15, -0.1) is 0 Å². The third kappa shape index (κ3) is 2.31. The second-order valence-electron chi connectivity index (χ2n) is 8.08. The van der Waals surface area contributed by atoms with Crippen molar-refractivity contribution in [2.24, 2.45) is 0 Å². The first kappa shape index (κ1) is 18.3. The highest BCUT2D eigenvalue weighted by atomic mass is 15.2. The lowest BCUT2D eigenvalue weighted by Gasteiger charge is -2.42. The first-order chi connectivity index (χ1) is 15.7. The summed E-state index contributed by atoms with van der Waals surface area (Å²) in [7, 11) is 1.99. The molecule has 0 saturated carbocycles. The number of hydrogen-bond donors (Lipinski definition) is 0.